The Bertz CT molecular complexity index is 450. The van der Waals surface area contributed by atoms with Crippen molar-refractivity contribution in [3.8, 4) is 0 Å². The van der Waals surface area contributed by atoms with Gasteiger partial charge in [-0.25, -0.2) is 4.79 Å². The number of hydrogen-bond acceptors (Lipinski definition) is 3. The lowest BCUT2D eigenvalue weighted by molar-refractivity contribution is -0.179. The van der Waals surface area contributed by atoms with Crippen molar-refractivity contribution in [2.75, 3.05) is 0 Å². The highest BCUT2D eigenvalue weighted by atomic mass is 16.8. The molecule has 2 unspecified atom stereocenters. The van der Waals surface area contributed by atoms with E-state index in [0.29, 0.717) is 6.42 Å². The van der Waals surface area contributed by atoms with Gasteiger partial charge in [-0.15, -0.1) is 0 Å². The fourth-order valence-corrected chi connectivity index (χ4v) is 3.03. The Balaban J connectivity index is 1.77. The maximum Gasteiger partial charge on any atom is 0.335 e. The van der Waals surface area contributed by atoms with Gasteiger partial charge in [0, 0.05) is 19.3 Å². The third-order valence-corrected chi connectivity index (χ3v) is 3.93. The standard InChI is InChI=1S/C15H18O4/c16-14(17)13-12(10-11-6-2-1-3-7-11)18-15(19-13)8-4-5-9-15/h1-3,6-7,12-13H,4-5,8-10H2,(H,16,17). The molecule has 0 bridgehead atoms. The van der Waals surface area contributed by atoms with Gasteiger partial charge < -0.3 is 14.6 Å². The number of carbonyl (C=O) groups is 1. The van der Waals surface area contributed by atoms with Crippen LogP contribution in [0.3, 0.4) is 0 Å². The zero-order valence-electron chi connectivity index (χ0n) is 10.7. The van der Waals surface area contributed by atoms with Gasteiger partial charge >= 0.3 is 5.97 Å². The molecule has 1 saturated heterocycles. The fourth-order valence-electron chi connectivity index (χ4n) is 3.03. The summed E-state index contributed by atoms with van der Waals surface area (Å²) in [6.45, 7) is 0. The molecule has 4 heteroatoms. The molecule has 102 valence electrons. The molecule has 0 aromatic heterocycles. The summed E-state index contributed by atoms with van der Waals surface area (Å²) in [6.07, 6.45) is 3.05. The predicted molar refractivity (Wildman–Crippen MR) is 68.7 cm³/mol. The van der Waals surface area contributed by atoms with Gasteiger partial charge in [0.15, 0.2) is 11.9 Å². The summed E-state index contributed by atoms with van der Waals surface area (Å²) in [6, 6.07) is 9.82. The number of rotatable bonds is 3. The van der Waals surface area contributed by atoms with E-state index in [1.54, 1.807) is 0 Å². The van der Waals surface area contributed by atoms with Crippen molar-refractivity contribution in [2.24, 2.45) is 0 Å². The second kappa shape index (κ2) is 4.94. The van der Waals surface area contributed by atoms with E-state index in [-0.39, 0.29) is 0 Å². The molecule has 2 atom stereocenters. The SMILES string of the molecule is O=C(O)C1OC2(CCCC2)OC1Cc1ccccc1. The molecule has 0 radical (unpaired) electrons. The molecule has 3 rings (SSSR count). The summed E-state index contributed by atoms with van der Waals surface area (Å²) < 4.78 is 11.7. The molecule has 2 fully saturated rings. The van der Waals surface area contributed by atoms with Crippen LogP contribution in [0.1, 0.15) is 31.2 Å². The average molecular weight is 262 g/mol. The first-order chi connectivity index (χ1) is 9.19. The number of ether oxygens (including phenoxy) is 2. The largest absolute Gasteiger partial charge is 0.479 e. The minimum atomic E-state index is -0.926. The van der Waals surface area contributed by atoms with Crippen LogP contribution >= 0.6 is 0 Å². The summed E-state index contributed by atoms with van der Waals surface area (Å²) in [5, 5.41) is 9.30. The predicted octanol–water partition coefficient (Wildman–Crippen LogP) is 2.37. The van der Waals surface area contributed by atoms with Gasteiger partial charge in [-0.2, -0.15) is 0 Å². The van der Waals surface area contributed by atoms with Crippen LogP contribution in [-0.2, 0) is 20.7 Å². The molecule has 19 heavy (non-hydrogen) atoms. The third-order valence-electron chi connectivity index (χ3n) is 3.93. The Morgan fingerprint density at radius 1 is 1.21 bits per heavy atom. The van der Waals surface area contributed by atoms with E-state index in [2.05, 4.69) is 0 Å². The highest BCUT2D eigenvalue weighted by Crippen LogP contribution is 2.42. The van der Waals surface area contributed by atoms with Gasteiger partial charge in [0.25, 0.3) is 0 Å². The summed E-state index contributed by atoms with van der Waals surface area (Å²) in [5.74, 6) is -1.56. The van der Waals surface area contributed by atoms with Gasteiger partial charge in [-0.1, -0.05) is 30.3 Å². The molecular formula is C15H18O4. The number of benzene rings is 1. The van der Waals surface area contributed by atoms with Crippen LogP contribution in [0.2, 0.25) is 0 Å². The lowest BCUT2D eigenvalue weighted by Crippen LogP contribution is -2.32. The number of hydrogen-bond donors (Lipinski definition) is 1. The van der Waals surface area contributed by atoms with Gasteiger partial charge in [-0.3, -0.25) is 0 Å². The first-order valence-corrected chi connectivity index (χ1v) is 6.81. The molecule has 1 aliphatic carbocycles. The summed E-state index contributed by atoms with van der Waals surface area (Å²) in [4.78, 5) is 11.3. The van der Waals surface area contributed by atoms with Crippen LogP contribution in [0.5, 0.6) is 0 Å². The highest BCUT2D eigenvalue weighted by molar-refractivity contribution is 5.73. The molecule has 1 aliphatic heterocycles. The molecule has 0 amide bonds. The van der Waals surface area contributed by atoms with Crippen LogP contribution < -0.4 is 0 Å². The van der Waals surface area contributed by atoms with Gasteiger partial charge in [-0.05, 0) is 18.4 Å². The van der Waals surface area contributed by atoms with Crippen LogP contribution in [0.15, 0.2) is 30.3 Å². The quantitative estimate of drug-likeness (QED) is 0.908. The van der Waals surface area contributed by atoms with Crippen molar-refractivity contribution >= 4 is 5.97 Å². The molecule has 4 nitrogen and oxygen atoms in total. The minimum Gasteiger partial charge on any atom is -0.479 e. The van der Waals surface area contributed by atoms with Crippen molar-refractivity contribution in [1.29, 1.82) is 0 Å². The van der Waals surface area contributed by atoms with Gasteiger partial charge in [0.1, 0.15) is 6.10 Å². The monoisotopic (exact) mass is 262 g/mol. The number of carboxylic acid groups (broad SMARTS) is 1. The van der Waals surface area contributed by atoms with Crippen molar-refractivity contribution in [3.05, 3.63) is 35.9 Å². The zero-order chi connectivity index (χ0) is 13.3. The lowest BCUT2D eigenvalue weighted by Gasteiger charge is -2.21. The minimum absolute atomic E-state index is 0.391. The number of aliphatic carboxylic acids is 1. The average Bonchev–Trinajstić information content (AvgIpc) is 2.99. The number of carboxylic acids is 1. The Morgan fingerprint density at radius 2 is 1.89 bits per heavy atom. The topological polar surface area (TPSA) is 55.8 Å². The van der Waals surface area contributed by atoms with E-state index in [1.807, 2.05) is 30.3 Å². The van der Waals surface area contributed by atoms with E-state index in [9.17, 15) is 9.90 Å². The van der Waals surface area contributed by atoms with Crippen molar-refractivity contribution in [1.82, 2.24) is 0 Å². The van der Waals surface area contributed by atoms with Gasteiger partial charge in [0.05, 0.1) is 0 Å². The zero-order valence-corrected chi connectivity index (χ0v) is 10.7. The van der Waals surface area contributed by atoms with E-state index in [0.717, 1.165) is 31.2 Å². The molecule has 1 N–H and O–H groups in total. The molecular weight excluding hydrogens is 244 g/mol. The lowest BCUT2D eigenvalue weighted by atomic mass is 10.0. The van der Waals surface area contributed by atoms with Crippen molar-refractivity contribution in [2.45, 2.75) is 50.1 Å². The van der Waals surface area contributed by atoms with Crippen LogP contribution in [0, 0.1) is 0 Å². The van der Waals surface area contributed by atoms with E-state index in [1.165, 1.54) is 0 Å². The second-order valence-electron chi connectivity index (χ2n) is 5.34. The highest BCUT2D eigenvalue weighted by Gasteiger charge is 2.51. The van der Waals surface area contributed by atoms with Crippen LogP contribution in [-0.4, -0.2) is 29.1 Å². The molecule has 1 heterocycles. The van der Waals surface area contributed by atoms with Crippen LogP contribution in [0.25, 0.3) is 0 Å². The second-order valence-corrected chi connectivity index (χ2v) is 5.34. The van der Waals surface area contributed by atoms with Gasteiger partial charge in [0.2, 0.25) is 0 Å². The van der Waals surface area contributed by atoms with Crippen LogP contribution in [0.4, 0.5) is 0 Å². The smallest absolute Gasteiger partial charge is 0.335 e. The molecule has 1 aromatic carbocycles. The maximum absolute atomic E-state index is 11.3. The molecule has 1 spiro atoms. The Kier molecular flexibility index (Phi) is 3.29. The fraction of sp³-hybridized carbons (Fsp3) is 0.533. The Labute approximate surface area is 112 Å². The molecule has 1 saturated carbocycles. The molecule has 1 aromatic rings. The van der Waals surface area contributed by atoms with Crippen molar-refractivity contribution < 1.29 is 19.4 Å². The first-order valence-electron chi connectivity index (χ1n) is 6.81. The van der Waals surface area contributed by atoms with Crippen molar-refractivity contribution in [3.63, 3.8) is 0 Å². The van der Waals surface area contributed by atoms with E-state index in [4.69, 9.17) is 9.47 Å². The molecule has 2 aliphatic rings. The Morgan fingerprint density at radius 3 is 2.53 bits per heavy atom. The third kappa shape index (κ3) is 2.51. The Hall–Kier alpha value is -1.39. The normalized spacial score (nSPS) is 28.8. The summed E-state index contributed by atoms with van der Waals surface area (Å²) in [7, 11) is 0. The maximum atomic E-state index is 11.3. The van der Waals surface area contributed by atoms with E-state index >= 15 is 0 Å². The summed E-state index contributed by atoms with van der Waals surface area (Å²) in [5.41, 5.74) is 1.08. The van der Waals surface area contributed by atoms with E-state index < -0.39 is 24.0 Å². The summed E-state index contributed by atoms with van der Waals surface area (Å²) >= 11 is 0. The first kappa shape index (κ1) is 12.6.